The number of nitrogens with one attached hydrogen (secondary N) is 1. The van der Waals surface area contributed by atoms with Gasteiger partial charge >= 0.3 is 0 Å². The summed E-state index contributed by atoms with van der Waals surface area (Å²) in [5, 5.41) is 2.86. The number of anilines is 2. The number of carbonyl (C=O) groups is 1. The second kappa shape index (κ2) is 8.07. The molecule has 0 unspecified atom stereocenters. The molecule has 4 rings (SSSR count). The van der Waals surface area contributed by atoms with Crippen molar-refractivity contribution in [3.8, 4) is 5.75 Å². The predicted molar refractivity (Wildman–Crippen MR) is 121 cm³/mol. The van der Waals surface area contributed by atoms with E-state index in [0.29, 0.717) is 17.1 Å². The van der Waals surface area contributed by atoms with Gasteiger partial charge in [0.2, 0.25) is 0 Å². The van der Waals surface area contributed by atoms with E-state index in [4.69, 9.17) is 4.74 Å². The van der Waals surface area contributed by atoms with E-state index in [1.165, 1.54) is 4.31 Å². The van der Waals surface area contributed by atoms with Gasteiger partial charge in [-0.15, -0.1) is 0 Å². The smallest absolute Gasteiger partial charge is 0.267 e. The van der Waals surface area contributed by atoms with Gasteiger partial charge in [-0.25, -0.2) is 8.42 Å². The van der Waals surface area contributed by atoms with Crippen molar-refractivity contribution in [1.29, 1.82) is 0 Å². The van der Waals surface area contributed by atoms with Gasteiger partial charge < -0.3 is 10.1 Å². The molecule has 0 bridgehead atoms. The van der Waals surface area contributed by atoms with Gasteiger partial charge in [0.1, 0.15) is 5.75 Å². The van der Waals surface area contributed by atoms with Crippen LogP contribution in [0.1, 0.15) is 16.7 Å². The van der Waals surface area contributed by atoms with Gasteiger partial charge in [0.05, 0.1) is 17.1 Å². The highest BCUT2D eigenvalue weighted by molar-refractivity contribution is 7.92. The first kappa shape index (κ1) is 20.9. The van der Waals surface area contributed by atoms with E-state index >= 15 is 0 Å². The molecule has 0 saturated heterocycles. The molecular formula is C24H24N2O4S. The van der Waals surface area contributed by atoms with Crippen molar-refractivity contribution >= 4 is 27.3 Å². The second-order valence-corrected chi connectivity index (χ2v) is 9.59. The zero-order valence-corrected chi connectivity index (χ0v) is 18.4. The Morgan fingerprint density at radius 3 is 2.35 bits per heavy atom. The number of sulfonamides is 1. The number of rotatable bonds is 4. The first-order chi connectivity index (χ1) is 14.8. The Bertz CT molecular complexity index is 1240. The molecule has 0 aromatic heterocycles. The third-order valence-corrected chi connectivity index (χ3v) is 7.08. The number of hydrogen-bond acceptors (Lipinski definition) is 4. The molecule has 3 aromatic rings. The van der Waals surface area contributed by atoms with Crippen molar-refractivity contribution < 1.29 is 17.9 Å². The fraction of sp³-hybridized carbons (Fsp3) is 0.208. The Morgan fingerprint density at radius 1 is 0.968 bits per heavy atom. The third kappa shape index (κ3) is 4.14. The monoisotopic (exact) mass is 436 g/mol. The van der Waals surface area contributed by atoms with Gasteiger partial charge in [0, 0.05) is 5.69 Å². The molecule has 0 radical (unpaired) electrons. The first-order valence-electron chi connectivity index (χ1n) is 9.99. The van der Waals surface area contributed by atoms with Crippen LogP contribution in [0, 0.1) is 20.8 Å². The number of ether oxygens (including phenoxy) is 1. The molecule has 0 aliphatic carbocycles. The van der Waals surface area contributed by atoms with Crippen LogP contribution in [-0.2, 0) is 14.8 Å². The Morgan fingerprint density at radius 2 is 1.65 bits per heavy atom. The van der Waals surface area contributed by atoms with Crippen molar-refractivity contribution in [2.75, 3.05) is 16.2 Å². The second-order valence-electron chi connectivity index (χ2n) is 7.73. The molecule has 1 aliphatic rings. The van der Waals surface area contributed by atoms with Crippen LogP contribution >= 0.6 is 0 Å². The van der Waals surface area contributed by atoms with Gasteiger partial charge in [-0.2, -0.15) is 0 Å². The zero-order valence-electron chi connectivity index (χ0n) is 17.6. The number of para-hydroxylation sites is 1. The maximum atomic E-state index is 13.5. The van der Waals surface area contributed by atoms with Gasteiger partial charge in [0.25, 0.3) is 15.9 Å². The minimum absolute atomic E-state index is 0.121. The summed E-state index contributed by atoms with van der Waals surface area (Å²) < 4.78 is 34.2. The van der Waals surface area contributed by atoms with Crippen LogP contribution in [0.3, 0.4) is 0 Å². The third-order valence-electron chi connectivity index (χ3n) is 5.29. The Labute approximate surface area is 182 Å². The van der Waals surface area contributed by atoms with E-state index in [1.54, 1.807) is 42.5 Å². The topological polar surface area (TPSA) is 75.7 Å². The molecule has 1 N–H and O–H groups in total. The van der Waals surface area contributed by atoms with Gasteiger partial charge in [-0.3, -0.25) is 9.10 Å². The summed E-state index contributed by atoms with van der Waals surface area (Å²) in [5.41, 5.74) is 3.87. The number of aryl methyl sites for hydroxylation is 3. The largest absolute Gasteiger partial charge is 0.476 e. The quantitative estimate of drug-likeness (QED) is 0.665. The van der Waals surface area contributed by atoms with E-state index in [1.807, 2.05) is 45.0 Å². The summed E-state index contributed by atoms with van der Waals surface area (Å²) in [4.78, 5) is 13.2. The maximum absolute atomic E-state index is 13.5. The number of amides is 1. The minimum atomic E-state index is -3.88. The Balaban J connectivity index is 1.71. The summed E-state index contributed by atoms with van der Waals surface area (Å²) in [6.45, 7) is 5.55. The number of nitrogens with zero attached hydrogens (tertiary/aromatic N) is 1. The summed E-state index contributed by atoms with van der Waals surface area (Å²) in [5.74, 6) is -0.0397. The average molecular weight is 437 g/mol. The molecule has 1 heterocycles. The fourth-order valence-electron chi connectivity index (χ4n) is 3.49. The highest BCUT2D eigenvalue weighted by atomic mass is 32.2. The minimum Gasteiger partial charge on any atom is -0.476 e. The standard InChI is InChI=1S/C24H24N2O4S/c1-16-8-11-19(12-9-16)31(28,29)26-15-23(30-22-13-10-17(2)14-21(22)26)24(27)25-20-7-5-4-6-18(20)3/h4-14,23H,15H2,1-3H3,(H,25,27)/t23-/m1/s1. The highest BCUT2D eigenvalue weighted by Gasteiger charge is 2.37. The summed E-state index contributed by atoms with van der Waals surface area (Å²) in [6.07, 6.45) is -0.991. The first-order valence-corrected chi connectivity index (χ1v) is 11.4. The number of benzene rings is 3. The molecule has 1 aliphatic heterocycles. The Hall–Kier alpha value is -3.32. The van der Waals surface area contributed by atoms with Crippen molar-refractivity contribution in [1.82, 2.24) is 0 Å². The van der Waals surface area contributed by atoms with Crippen molar-refractivity contribution in [2.45, 2.75) is 31.8 Å². The van der Waals surface area contributed by atoms with Crippen LogP contribution in [0.25, 0.3) is 0 Å². The zero-order chi connectivity index (χ0) is 22.2. The number of fused-ring (bicyclic) bond motifs is 1. The molecule has 31 heavy (non-hydrogen) atoms. The lowest BCUT2D eigenvalue weighted by molar-refractivity contribution is -0.122. The Kier molecular flexibility index (Phi) is 5.45. The summed E-state index contributed by atoms with van der Waals surface area (Å²) in [7, 11) is -3.88. The van der Waals surface area contributed by atoms with Crippen LogP contribution in [0.15, 0.2) is 71.6 Å². The van der Waals surface area contributed by atoms with Crippen molar-refractivity contribution in [3.63, 3.8) is 0 Å². The molecule has 6 nitrogen and oxygen atoms in total. The predicted octanol–water partition coefficient (Wildman–Crippen LogP) is 4.21. The molecule has 160 valence electrons. The van der Waals surface area contributed by atoms with Crippen LogP contribution in [-0.4, -0.2) is 27.0 Å². The van der Waals surface area contributed by atoms with Crippen molar-refractivity contribution in [3.05, 3.63) is 83.4 Å². The van der Waals surface area contributed by atoms with E-state index in [0.717, 1.165) is 16.7 Å². The van der Waals surface area contributed by atoms with Crippen LogP contribution < -0.4 is 14.4 Å². The molecule has 1 atom stereocenters. The van der Waals surface area contributed by atoms with E-state index in [2.05, 4.69) is 5.32 Å². The molecular weight excluding hydrogens is 412 g/mol. The molecule has 0 spiro atoms. The molecule has 3 aromatic carbocycles. The average Bonchev–Trinajstić information content (AvgIpc) is 2.74. The fourth-order valence-corrected chi connectivity index (χ4v) is 4.96. The van der Waals surface area contributed by atoms with Gasteiger partial charge in [0.15, 0.2) is 6.10 Å². The number of carbonyl (C=O) groups excluding carboxylic acids is 1. The van der Waals surface area contributed by atoms with E-state index < -0.39 is 22.0 Å². The lowest BCUT2D eigenvalue weighted by atomic mass is 10.1. The summed E-state index contributed by atoms with van der Waals surface area (Å²) >= 11 is 0. The molecule has 0 saturated carbocycles. The van der Waals surface area contributed by atoms with Crippen LogP contribution in [0.2, 0.25) is 0 Å². The lowest BCUT2D eigenvalue weighted by Gasteiger charge is -2.35. The maximum Gasteiger partial charge on any atom is 0.267 e. The van der Waals surface area contributed by atoms with Crippen LogP contribution in [0.4, 0.5) is 11.4 Å². The summed E-state index contributed by atoms with van der Waals surface area (Å²) in [6, 6.07) is 19.4. The van der Waals surface area contributed by atoms with Gasteiger partial charge in [-0.1, -0.05) is 42.0 Å². The SMILES string of the molecule is Cc1ccc(S(=O)(=O)N2C[C@H](C(=O)Nc3ccccc3C)Oc3ccc(C)cc32)cc1. The molecule has 1 amide bonds. The normalized spacial score (nSPS) is 15.7. The van der Waals surface area contributed by atoms with E-state index in [9.17, 15) is 13.2 Å². The highest BCUT2D eigenvalue weighted by Crippen LogP contribution is 2.38. The van der Waals surface area contributed by atoms with E-state index in [-0.39, 0.29) is 11.4 Å². The van der Waals surface area contributed by atoms with Gasteiger partial charge in [-0.05, 0) is 62.2 Å². The van der Waals surface area contributed by atoms with Crippen molar-refractivity contribution in [2.24, 2.45) is 0 Å². The molecule has 0 fully saturated rings. The van der Waals surface area contributed by atoms with Crippen LogP contribution in [0.5, 0.6) is 5.75 Å². The lowest BCUT2D eigenvalue weighted by Crippen LogP contribution is -2.48. The molecule has 7 heteroatoms. The number of hydrogen-bond donors (Lipinski definition) is 1.